The van der Waals surface area contributed by atoms with Crippen molar-refractivity contribution in [1.29, 1.82) is 0 Å². The molecule has 0 saturated carbocycles. The highest BCUT2D eigenvalue weighted by Crippen LogP contribution is 2.29. The quantitative estimate of drug-likeness (QED) is 0.423. The molecule has 190 valence electrons. The largest absolute Gasteiger partial charge is 0.477 e. The number of halogens is 3. The van der Waals surface area contributed by atoms with E-state index in [0.717, 1.165) is 36.0 Å². The number of carboxylic acid groups (broad SMARTS) is 1. The summed E-state index contributed by atoms with van der Waals surface area (Å²) in [7, 11) is 0. The number of alkyl halides is 3. The van der Waals surface area contributed by atoms with E-state index >= 15 is 0 Å². The molecular formula is C25H24F3N3O4S. The van der Waals surface area contributed by atoms with Gasteiger partial charge in [0.15, 0.2) is 4.80 Å². The van der Waals surface area contributed by atoms with E-state index in [1.54, 1.807) is 11.5 Å². The highest BCUT2D eigenvalue weighted by molar-refractivity contribution is 7.11. The van der Waals surface area contributed by atoms with Crippen LogP contribution in [0, 0.1) is 12.8 Å². The maximum atomic E-state index is 12.9. The number of amides is 2. The Morgan fingerprint density at radius 1 is 1.08 bits per heavy atom. The van der Waals surface area contributed by atoms with E-state index < -0.39 is 29.5 Å². The summed E-state index contributed by atoms with van der Waals surface area (Å²) in [4.78, 5) is 41.2. The van der Waals surface area contributed by atoms with Crippen LogP contribution in [0.1, 0.15) is 61.9 Å². The molecule has 0 aliphatic heterocycles. The number of rotatable bonds is 7. The zero-order valence-corrected chi connectivity index (χ0v) is 20.5. The van der Waals surface area contributed by atoms with E-state index in [1.165, 1.54) is 30.3 Å². The molecule has 0 saturated heterocycles. The number of benzene rings is 2. The first kappa shape index (κ1) is 26.9. The fourth-order valence-electron chi connectivity index (χ4n) is 3.31. The number of aromatic carboxylic acids is 1. The van der Waals surface area contributed by atoms with Crippen molar-refractivity contribution in [3.05, 3.63) is 80.6 Å². The van der Waals surface area contributed by atoms with Crippen molar-refractivity contribution in [1.82, 2.24) is 4.57 Å². The van der Waals surface area contributed by atoms with Crippen LogP contribution in [0.25, 0.3) is 0 Å². The molecule has 0 fully saturated rings. The smallest absolute Gasteiger partial charge is 0.416 e. The van der Waals surface area contributed by atoms with E-state index in [9.17, 15) is 32.7 Å². The molecule has 3 aromatic rings. The Morgan fingerprint density at radius 2 is 1.75 bits per heavy atom. The second kappa shape index (κ2) is 10.9. The predicted molar refractivity (Wildman–Crippen MR) is 129 cm³/mol. The molecule has 0 aliphatic carbocycles. The topological polar surface area (TPSA) is 101 Å². The van der Waals surface area contributed by atoms with Crippen LogP contribution >= 0.6 is 11.3 Å². The summed E-state index contributed by atoms with van der Waals surface area (Å²) in [6.45, 7) is 6.26. The molecule has 7 nitrogen and oxygen atoms in total. The van der Waals surface area contributed by atoms with Crippen molar-refractivity contribution in [3.63, 3.8) is 0 Å². The van der Waals surface area contributed by atoms with Crippen molar-refractivity contribution in [2.24, 2.45) is 10.9 Å². The number of carbonyl (C=O) groups excluding carboxylic acids is 2. The van der Waals surface area contributed by atoms with Crippen LogP contribution in [-0.2, 0) is 12.7 Å². The molecule has 0 radical (unpaired) electrons. The number of carbonyl (C=O) groups is 3. The third kappa shape index (κ3) is 6.48. The molecule has 2 aromatic carbocycles. The molecule has 3 rings (SSSR count). The first-order valence-corrected chi connectivity index (χ1v) is 11.8. The molecule has 1 aromatic heterocycles. The summed E-state index contributed by atoms with van der Waals surface area (Å²) in [6.07, 6.45) is -3.79. The van der Waals surface area contributed by atoms with Gasteiger partial charge in [-0.3, -0.25) is 9.59 Å². The molecule has 0 aliphatic rings. The third-order valence-electron chi connectivity index (χ3n) is 5.32. The van der Waals surface area contributed by atoms with E-state index in [0.29, 0.717) is 18.2 Å². The van der Waals surface area contributed by atoms with Gasteiger partial charge in [0.1, 0.15) is 4.88 Å². The monoisotopic (exact) mass is 519 g/mol. The normalized spacial score (nSPS) is 12.1. The Hall–Kier alpha value is -3.73. The number of aromatic nitrogens is 1. The SMILES string of the molecule is Cc1c(C(=O)O)sc(=NC(=O)c2ccc(NC(=O)c3cccc(C(F)(F)F)c3)cc2)n1CCC(C)C. The van der Waals surface area contributed by atoms with Crippen molar-refractivity contribution in [2.45, 2.75) is 39.9 Å². The molecule has 36 heavy (non-hydrogen) atoms. The van der Waals surface area contributed by atoms with E-state index in [-0.39, 0.29) is 26.5 Å². The van der Waals surface area contributed by atoms with Gasteiger partial charge < -0.3 is 15.0 Å². The molecule has 0 bridgehead atoms. The maximum Gasteiger partial charge on any atom is 0.416 e. The first-order chi connectivity index (χ1) is 16.9. The fraction of sp³-hybridized carbons (Fsp3) is 0.280. The van der Waals surface area contributed by atoms with Gasteiger partial charge in [-0.25, -0.2) is 4.79 Å². The minimum atomic E-state index is -4.57. The predicted octanol–water partition coefficient (Wildman–Crippen LogP) is 5.61. The van der Waals surface area contributed by atoms with E-state index in [2.05, 4.69) is 10.3 Å². The average Bonchev–Trinajstić information content (AvgIpc) is 3.12. The number of hydrogen-bond donors (Lipinski definition) is 2. The van der Waals surface area contributed by atoms with Crippen molar-refractivity contribution in [2.75, 3.05) is 5.32 Å². The Bertz CT molecular complexity index is 1360. The first-order valence-electron chi connectivity index (χ1n) is 11.0. The zero-order valence-electron chi connectivity index (χ0n) is 19.7. The summed E-state index contributed by atoms with van der Waals surface area (Å²) in [5, 5.41) is 11.9. The lowest BCUT2D eigenvalue weighted by atomic mass is 10.1. The minimum absolute atomic E-state index is 0.109. The number of nitrogens with zero attached hydrogens (tertiary/aromatic N) is 2. The maximum absolute atomic E-state index is 12.9. The summed E-state index contributed by atoms with van der Waals surface area (Å²) in [5.41, 5.74) is -0.0923. The molecule has 2 N–H and O–H groups in total. The summed E-state index contributed by atoms with van der Waals surface area (Å²) < 4.78 is 40.4. The van der Waals surface area contributed by atoms with Crippen molar-refractivity contribution >= 4 is 34.8 Å². The molecule has 2 amide bonds. The van der Waals surface area contributed by atoms with Crippen molar-refractivity contribution in [3.8, 4) is 0 Å². The fourth-order valence-corrected chi connectivity index (χ4v) is 4.30. The number of carboxylic acids is 1. The van der Waals surface area contributed by atoms with Gasteiger partial charge in [-0.15, -0.1) is 0 Å². The van der Waals surface area contributed by atoms with E-state index in [1.807, 2.05) is 13.8 Å². The zero-order chi connectivity index (χ0) is 26.6. The third-order valence-corrected chi connectivity index (χ3v) is 6.49. The summed E-state index contributed by atoms with van der Waals surface area (Å²) >= 11 is 0.920. The lowest BCUT2D eigenvalue weighted by molar-refractivity contribution is -0.137. The Morgan fingerprint density at radius 3 is 2.33 bits per heavy atom. The van der Waals surface area contributed by atoms with Crippen LogP contribution < -0.4 is 10.1 Å². The number of anilines is 1. The molecule has 0 unspecified atom stereocenters. The van der Waals surface area contributed by atoms with Crippen LogP contribution in [0.2, 0.25) is 0 Å². The Kier molecular flexibility index (Phi) is 8.13. The highest BCUT2D eigenvalue weighted by Gasteiger charge is 2.30. The molecule has 11 heteroatoms. The Labute approximate surface area is 208 Å². The number of hydrogen-bond acceptors (Lipinski definition) is 4. The van der Waals surface area contributed by atoms with Crippen LogP contribution in [-0.4, -0.2) is 27.5 Å². The molecule has 0 atom stereocenters. The van der Waals surface area contributed by atoms with Gasteiger partial charge in [-0.2, -0.15) is 18.2 Å². The highest BCUT2D eigenvalue weighted by atomic mass is 32.1. The van der Waals surface area contributed by atoms with Gasteiger partial charge in [-0.05, 0) is 61.7 Å². The van der Waals surface area contributed by atoms with Gasteiger partial charge in [0.25, 0.3) is 11.8 Å². The number of thiazole rings is 1. The molecular weight excluding hydrogens is 495 g/mol. The lowest BCUT2D eigenvalue weighted by Gasteiger charge is -2.09. The van der Waals surface area contributed by atoms with Crippen LogP contribution in [0.4, 0.5) is 18.9 Å². The second-order valence-electron chi connectivity index (χ2n) is 8.47. The van der Waals surface area contributed by atoms with Gasteiger partial charge in [-0.1, -0.05) is 31.3 Å². The van der Waals surface area contributed by atoms with Crippen LogP contribution in [0.5, 0.6) is 0 Å². The summed E-state index contributed by atoms with van der Waals surface area (Å²) in [5.74, 6) is -2.05. The standard InChI is InChI=1S/C25H24F3N3O4S/c1-14(2)11-12-31-15(3)20(23(34)35)36-24(31)30-21(32)16-7-9-19(10-8-16)29-22(33)17-5-4-6-18(13-17)25(26,27)28/h4-10,13-14H,11-12H2,1-3H3,(H,29,33)(H,34,35). The minimum Gasteiger partial charge on any atom is -0.477 e. The number of nitrogens with one attached hydrogen (secondary N) is 1. The van der Waals surface area contributed by atoms with Gasteiger partial charge in [0.05, 0.1) is 5.56 Å². The van der Waals surface area contributed by atoms with Gasteiger partial charge in [0, 0.05) is 29.1 Å². The lowest BCUT2D eigenvalue weighted by Crippen LogP contribution is -2.19. The van der Waals surface area contributed by atoms with Crippen LogP contribution in [0.15, 0.2) is 53.5 Å². The average molecular weight is 520 g/mol. The van der Waals surface area contributed by atoms with Gasteiger partial charge >= 0.3 is 12.1 Å². The molecule has 1 heterocycles. The second-order valence-corrected chi connectivity index (χ2v) is 9.44. The van der Waals surface area contributed by atoms with Crippen LogP contribution in [0.3, 0.4) is 0 Å². The summed E-state index contributed by atoms with van der Waals surface area (Å²) in [6, 6.07) is 9.76. The van der Waals surface area contributed by atoms with Crippen molar-refractivity contribution < 1.29 is 32.7 Å². The Balaban J connectivity index is 1.81. The molecule has 0 spiro atoms. The van der Waals surface area contributed by atoms with Gasteiger partial charge in [0.2, 0.25) is 0 Å². The van der Waals surface area contributed by atoms with E-state index in [4.69, 9.17) is 0 Å².